The summed E-state index contributed by atoms with van der Waals surface area (Å²) in [5.41, 5.74) is 1.46. The van der Waals surface area contributed by atoms with Crippen molar-refractivity contribution in [3.8, 4) is 5.75 Å². The molecule has 3 N–H and O–H groups in total. The fraction of sp³-hybridized carbons (Fsp3) is 0.300. The van der Waals surface area contributed by atoms with Crippen LogP contribution < -0.4 is 20.7 Å². The third kappa shape index (κ3) is 5.72. The number of nitrogens with one attached hydrogen (secondary N) is 3. The quantitative estimate of drug-likeness (QED) is 0.524. The van der Waals surface area contributed by atoms with E-state index in [9.17, 15) is 19.2 Å². The van der Waals surface area contributed by atoms with E-state index in [2.05, 4.69) is 16.0 Å². The Morgan fingerprint density at radius 3 is 2.26 bits per heavy atom. The number of carbonyl (C=O) groups is 4. The van der Waals surface area contributed by atoms with E-state index in [1.165, 1.54) is 28.3 Å². The number of benzene rings is 1. The third-order valence-corrected chi connectivity index (χ3v) is 5.31. The summed E-state index contributed by atoms with van der Waals surface area (Å²) in [6.07, 6.45) is 0. The highest BCUT2D eigenvalue weighted by Crippen LogP contribution is 2.34. The van der Waals surface area contributed by atoms with Gasteiger partial charge in [0.15, 0.2) is 0 Å². The second kappa shape index (κ2) is 10.4. The molecule has 10 nitrogen and oxygen atoms in total. The molecule has 0 radical (unpaired) electrons. The lowest BCUT2D eigenvalue weighted by Gasteiger charge is -2.13. The Kier molecular flexibility index (Phi) is 7.97. The van der Waals surface area contributed by atoms with Crippen molar-refractivity contribution in [2.24, 2.45) is 0 Å². The summed E-state index contributed by atoms with van der Waals surface area (Å²) >= 11 is 0.922. The molecule has 0 saturated heterocycles. The average Bonchev–Trinajstić information content (AvgIpc) is 3.06. The van der Waals surface area contributed by atoms with Crippen LogP contribution in [0.4, 0.5) is 16.4 Å². The van der Waals surface area contributed by atoms with Gasteiger partial charge >= 0.3 is 11.9 Å². The molecule has 0 aliphatic rings. The molecule has 0 atom stereocenters. The zero-order valence-electron chi connectivity index (χ0n) is 17.7. The smallest absolute Gasteiger partial charge is 0.348 e. The molecular weight excluding hydrogens is 426 g/mol. The minimum absolute atomic E-state index is 0.0893. The predicted molar refractivity (Wildman–Crippen MR) is 116 cm³/mol. The highest BCUT2D eigenvalue weighted by molar-refractivity contribution is 7.18. The highest BCUT2D eigenvalue weighted by Gasteiger charge is 2.26. The van der Waals surface area contributed by atoms with Gasteiger partial charge in [-0.05, 0) is 30.7 Å². The van der Waals surface area contributed by atoms with Crippen molar-refractivity contribution >= 4 is 51.5 Å². The maximum Gasteiger partial charge on any atom is 0.348 e. The highest BCUT2D eigenvalue weighted by atomic mass is 32.1. The van der Waals surface area contributed by atoms with E-state index in [1.54, 1.807) is 25.1 Å². The number of amides is 2. The summed E-state index contributed by atoms with van der Waals surface area (Å²) in [5.74, 6) is -1.55. The van der Waals surface area contributed by atoms with Gasteiger partial charge in [-0.15, -0.1) is 11.3 Å². The average molecular weight is 449 g/mol. The summed E-state index contributed by atoms with van der Waals surface area (Å²) in [4.78, 5) is 48.1. The van der Waals surface area contributed by atoms with Gasteiger partial charge in [0.05, 0.1) is 39.1 Å². The van der Waals surface area contributed by atoms with Gasteiger partial charge in [0, 0.05) is 12.6 Å². The lowest BCUT2D eigenvalue weighted by atomic mass is 10.1. The topological polar surface area (TPSA) is 132 Å². The van der Waals surface area contributed by atoms with Crippen molar-refractivity contribution < 1.29 is 33.4 Å². The Morgan fingerprint density at radius 2 is 1.68 bits per heavy atom. The first-order valence-electron chi connectivity index (χ1n) is 9.01. The van der Waals surface area contributed by atoms with Gasteiger partial charge in [-0.1, -0.05) is 0 Å². The minimum Gasteiger partial charge on any atom is -0.495 e. The molecule has 0 spiro atoms. The standard InChI is InChI=1S/C20H23N3O7S/c1-10-16(19(26)29-4)18(31-17(10)20(27)30-5)23-15(25)9-21-13-8-12(22-11(2)24)6-7-14(13)28-3/h6-8,21H,9H2,1-5H3,(H,22,24)(H,23,25). The van der Waals surface area contributed by atoms with Crippen LogP contribution in [0, 0.1) is 6.92 Å². The van der Waals surface area contributed by atoms with Crippen molar-refractivity contribution in [3.63, 3.8) is 0 Å². The lowest BCUT2D eigenvalue weighted by molar-refractivity contribution is -0.115. The van der Waals surface area contributed by atoms with Gasteiger partial charge in [0.2, 0.25) is 11.8 Å². The van der Waals surface area contributed by atoms with Gasteiger partial charge < -0.3 is 30.2 Å². The van der Waals surface area contributed by atoms with Crippen LogP contribution in [0.15, 0.2) is 18.2 Å². The largest absolute Gasteiger partial charge is 0.495 e. The van der Waals surface area contributed by atoms with Crippen molar-refractivity contribution in [2.45, 2.75) is 13.8 Å². The van der Waals surface area contributed by atoms with Crippen LogP contribution in [0.1, 0.15) is 32.5 Å². The maximum absolute atomic E-state index is 12.5. The molecule has 1 aromatic carbocycles. The number of esters is 2. The molecule has 2 aromatic rings. The maximum atomic E-state index is 12.5. The molecule has 11 heteroatoms. The number of rotatable bonds is 8. The first kappa shape index (κ1) is 23.7. The van der Waals surface area contributed by atoms with E-state index >= 15 is 0 Å². The van der Waals surface area contributed by atoms with Crippen LogP contribution >= 0.6 is 11.3 Å². The Labute approximate surface area is 182 Å². The van der Waals surface area contributed by atoms with Crippen LogP contribution in [-0.4, -0.2) is 51.6 Å². The SMILES string of the molecule is COC(=O)c1sc(NC(=O)CNc2cc(NC(C)=O)ccc2OC)c(C(=O)OC)c1C. The van der Waals surface area contributed by atoms with E-state index in [4.69, 9.17) is 14.2 Å². The van der Waals surface area contributed by atoms with E-state index < -0.39 is 17.8 Å². The monoisotopic (exact) mass is 449 g/mol. The normalized spacial score (nSPS) is 10.1. The van der Waals surface area contributed by atoms with Crippen LogP contribution in [0.25, 0.3) is 0 Å². The molecule has 0 aliphatic heterocycles. The number of methoxy groups -OCH3 is 3. The van der Waals surface area contributed by atoms with Crippen molar-refractivity contribution in [3.05, 3.63) is 34.2 Å². The first-order valence-corrected chi connectivity index (χ1v) is 9.82. The summed E-state index contributed by atoms with van der Waals surface area (Å²) in [5, 5.41) is 8.37. The molecule has 0 fully saturated rings. The van der Waals surface area contributed by atoms with Gasteiger partial charge in [-0.2, -0.15) is 0 Å². The van der Waals surface area contributed by atoms with Gasteiger partial charge in [0.25, 0.3) is 0 Å². The molecule has 2 amide bonds. The fourth-order valence-corrected chi connectivity index (χ4v) is 3.84. The van der Waals surface area contributed by atoms with E-state index in [0.29, 0.717) is 22.7 Å². The first-order chi connectivity index (χ1) is 14.7. The molecule has 1 aromatic heterocycles. The molecule has 0 aliphatic carbocycles. The van der Waals surface area contributed by atoms with E-state index in [-0.39, 0.29) is 27.9 Å². The Hall–Kier alpha value is -3.60. The van der Waals surface area contributed by atoms with Gasteiger partial charge in [-0.3, -0.25) is 9.59 Å². The number of thiophene rings is 1. The minimum atomic E-state index is -0.683. The molecular formula is C20H23N3O7S. The van der Waals surface area contributed by atoms with E-state index in [0.717, 1.165) is 11.3 Å². The zero-order chi connectivity index (χ0) is 23.1. The number of carbonyl (C=O) groups excluding carboxylic acids is 4. The second-order valence-electron chi connectivity index (χ2n) is 6.24. The second-order valence-corrected chi connectivity index (χ2v) is 7.26. The summed E-state index contributed by atoms with van der Waals surface area (Å²) in [6, 6.07) is 4.93. The number of hydrogen-bond donors (Lipinski definition) is 3. The number of anilines is 3. The Morgan fingerprint density at radius 1 is 1.00 bits per heavy atom. The molecule has 31 heavy (non-hydrogen) atoms. The van der Waals surface area contributed by atoms with Crippen LogP contribution in [0.2, 0.25) is 0 Å². The Bertz CT molecular complexity index is 1020. The van der Waals surface area contributed by atoms with Crippen LogP contribution in [0.3, 0.4) is 0 Å². The van der Waals surface area contributed by atoms with Crippen molar-refractivity contribution in [1.82, 2.24) is 0 Å². The van der Waals surface area contributed by atoms with Crippen molar-refractivity contribution in [2.75, 3.05) is 43.8 Å². The van der Waals surface area contributed by atoms with Crippen molar-refractivity contribution in [1.29, 1.82) is 0 Å². The summed E-state index contributed by atoms with van der Waals surface area (Å²) < 4.78 is 14.8. The Balaban J connectivity index is 2.21. The summed E-state index contributed by atoms with van der Waals surface area (Å²) in [7, 11) is 3.91. The van der Waals surface area contributed by atoms with Crippen LogP contribution in [-0.2, 0) is 19.1 Å². The molecule has 0 saturated carbocycles. The number of hydrogen-bond acceptors (Lipinski definition) is 9. The van der Waals surface area contributed by atoms with Gasteiger partial charge in [-0.25, -0.2) is 9.59 Å². The predicted octanol–water partition coefficient (Wildman–Crippen LogP) is 2.65. The molecule has 2 rings (SSSR count). The zero-order valence-corrected chi connectivity index (χ0v) is 18.5. The fourth-order valence-electron chi connectivity index (χ4n) is 2.71. The lowest BCUT2D eigenvalue weighted by Crippen LogP contribution is -2.22. The van der Waals surface area contributed by atoms with E-state index in [1.807, 2.05) is 0 Å². The number of ether oxygens (including phenoxy) is 3. The third-order valence-electron chi connectivity index (χ3n) is 4.12. The molecule has 0 bridgehead atoms. The molecule has 1 heterocycles. The molecule has 166 valence electrons. The van der Waals surface area contributed by atoms with Gasteiger partial charge in [0.1, 0.15) is 15.6 Å². The summed E-state index contributed by atoms with van der Waals surface area (Å²) in [6.45, 7) is 2.78. The molecule has 0 unspecified atom stereocenters. The van der Waals surface area contributed by atoms with Crippen LogP contribution in [0.5, 0.6) is 5.75 Å².